The monoisotopic (exact) mass is 346 g/mol. The zero-order chi connectivity index (χ0) is 16.9. The lowest BCUT2D eigenvalue weighted by Gasteiger charge is -2.34. The maximum Gasteiger partial charge on any atom is 0.317 e. The summed E-state index contributed by atoms with van der Waals surface area (Å²) in [4.78, 5) is 15.5. The number of carbonyl (C=O) groups excluding carboxylic acids is 1. The van der Waals surface area contributed by atoms with Crippen molar-refractivity contribution >= 4 is 17.4 Å². The average Bonchev–Trinajstić information content (AvgIpc) is 3.07. The zero-order valence-electron chi connectivity index (χ0n) is 13.6. The number of nitrogens with zero attached hydrogens (tertiary/aromatic N) is 1. The number of hydrogen-bond donors (Lipinski definition) is 2. The average molecular weight is 346 g/mol. The van der Waals surface area contributed by atoms with Crippen molar-refractivity contribution in [2.24, 2.45) is 0 Å². The van der Waals surface area contributed by atoms with Crippen molar-refractivity contribution in [2.45, 2.75) is 25.5 Å². The third-order valence-corrected chi connectivity index (χ3v) is 4.95. The quantitative estimate of drug-likeness (QED) is 0.894. The number of phenols is 1. The van der Waals surface area contributed by atoms with E-state index in [4.69, 9.17) is 4.74 Å². The number of urea groups is 1. The fourth-order valence-corrected chi connectivity index (χ4v) is 3.68. The lowest BCUT2D eigenvalue weighted by Crippen LogP contribution is -2.49. The number of carbonyl (C=O) groups is 1. The van der Waals surface area contributed by atoms with Crippen LogP contribution in [0.4, 0.5) is 4.79 Å². The van der Waals surface area contributed by atoms with Gasteiger partial charge in [-0.1, -0.05) is 18.2 Å². The molecule has 1 aliphatic rings. The SMILES string of the molecule is C[C@@H](Cc1cccs1)NC(=O)N1CCO[C@@H](c2cccc(O)c2)C1. The van der Waals surface area contributed by atoms with Crippen LogP contribution in [0, 0.1) is 0 Å². The second-order valence-electron chi connectivity index (χ2n) is 6.03. The van der Waals surface area contributed by atoms with Crippen LogP contribution in [0.2, 0.25) is 0 Å². The van der Waals surface area contributed by atoms with Crippen molar-refractivity contribution in [2.75, 3.05) is 19.7 Å². The number of ether oxygens (including phenoxy) is 1. The first-order valence-electron chi connectivity index (χ1n) is 8.10. The third kappa shape index (κ3) is 4.27. The Bertz CT molecular complexity index is 675. The van der Waals surface area contributed by atoms with Gasteiger partial charge >= 0.3 is 6.03 Å². The van der Waals surface area contributed by atoms with Crippen molar-refractivity contribution in [1.82, 2.24) is 10.2 Å². The standard InChI is InChI=1S/C18H22N2O3S/c1-13(10-16-6-3-9-24-16)19-18(22)20-7-8-23-17(12-20)14-4-2-5-15(21)11-14/h2-6,9,11,13,17,21H,7-8,10,12H2,1H3,(H,19,22)/t13-,17+/m0/s1. The summed E-state index contributed by atoms with van der Waals surface area (Å²) in [5.74, 6) is 0.210. The second kappa shape index (κ2) is 7.68. The number of hydrogen-bond acceptors (Lipinski definition) is 4. The van der Waals surface area contributed by atoms with Crippen LogP contribution in [0.25, 0.3) is 0 Å². The molecule has 2 aromatic rings. The third-order valence-electron chi connectivity index (χ3n) is 4.05. The number of nitrogens with one attached hydrogen (secondary N) is 1. The van der Waals surface area contributed by atoms with Gasteiger partial charge in [0.15, 0.2) is 0 Å². The van der Waals surface area contributed by atoms with Crippen LogP contribution < -0.4 is 5.32 Å². The minimum Gasteiger partial charge on any atom is -0.508 e. The molecule has 0 aliphatic carbocycles. The van der Waals surface area contributed by atoms with Gasteiger partial charge < -0.3 is 20.1 Å². The van der Waals surface area contributed by atoms with Gasteiger partial charge in [0.1, 0.15) is 11.9 Å². The van der Waals surface area contributed by atoms with E-state index in [0.29, 0.717) is 19.7 Å². The Balaban J connectivity index is 1.56. The van der Waals surface area contributed by atoms with E-state index in [0.717, 1.165) is 12.0 Å². The van der Waals surface area contributed by atoms with Crippen LogP contribution in [0.15, 0.2) is 41.8 Å². The normalized spacial score (nSPS) is 19.0. The van der Waals surface area contributed by atoms with Gasteiger partial charge in [-0.2, -0.15) is 0 Å². The number of benzene rings is 1. The topological polar surface area (TPSA) is 61.8 Å². The molecule has 5 nitrogen and oxygen atoms in total. The molecule has 128 valence electrons. The molecule has 0 saturated carbocycles. The van der Waals surface area contributed by atoms with Gasteiger partial charge in [0.2, 0.25) is 0 Å². The molecule has 0 spiro atoms. The fraction of sp³-hybridized carbons (Fsp3) is 0.389. The van der Waals surface area contributed by atoms with Gasteiger partial charge in [-0.3, -0.25) is 0 Å². The van der Waals surface area contributed by atoms with Gasteiger partial charge in [0, 0.05) is 23.9 Å². The number of phenolic OH excluding ortho intramolecular Hbond substituents is 1. The van der Waals surface area contributed by atoms with Gasteiger partial charge in [0.05, 0.1) is 13.2 Å². The smallest absolute Gasteiger partial charge is 0.317 e. The van der Waals surface area contributed by atoms with Crippen LogP contribution in [-0.4, -0.2) is 41.8 Å². The van der Waals surface area contributed by atoms with Crippen LogP contribution in [0.1, 0.15) is 23.5 Å². The molecule has 0 radical (unpaired) electrons. The molecule has 2 atom stereocenters. The van der Waals surface area contributed by atoms with E-state index in [1.807, 2.05) is 24.4 Å². The van der Waals surface area contributed by atoms with Gasteiger partial charge in [0.25, 0.3) is 0 Å². The van der Waals surface area contributed by atoms with Crippen LogP contribution in [-0.2, 0) is 11.2 Å². The molecule has 2 amide bonds. The molecule has 2 heterocycles. The van der Waals surface area contributed by atoms with Crippen LogP contribution in [0.3, 0.4) is 0 Å². The van der Waals surface area contributed by atoms with Crippen LogP contribution >= 0.6 is 11.3 Å². The van der Waals surface area contributed by atoms with E-state index in [1.54, 1.807) is 34.4 Å². The highest BCUT2D eigenvalue weighted by atomic mass is 32.1. The molecule has 1 aromatic heterocycles. The highest BCUT2D eigenvalue weighted by Crippen LogP contribution is 2.25. The molecule has 1 saturated heterocycles. The molecular formula is C18H22N2O3S. The molecule has 2 N–H and O–H groups in total. The highest BCUT2D eigenvalue weighted by Gasteiger charge is 2.26. The molecule has 24 heavy (non-hydrogen) atoms. The minimum atomic E-state index is -0.204. The predicted molar refractivity (Wildman–Crippen MR) is 94.4 cm³/mol. The van der Waals surface area contributed by atoms with E-state index in [1.165, 1.54) is 4.88 Å². The van der Waals surface area contributed by atoms with Gasteiger partial charge in [-0.05, 0) is 36.1 Å². The molecule has 1 aromatic carbocycles. The molecule has 1 fully saturated rings. The van der Waals surface area contributed by atoms with E-state index in [-0.39, 0.29) is 23.9 Å². The number of aromatic hydroxyl groups is 1. The van der Waals surface area contributed by atoms with E-state index in [2.05, 4.69) is 11.4 Å². The Morgan fingerprint density at radius 1 is 1.46 bits per heavy atom. The molecule has 0 bridgehead atoms. The maximum atomic E-state index is 12.5. The number of morpholine rings is 1. The fourth-order valence-electron chi connectivity index (χ4n) is 2.84. The summed E-state index contributed by atoms with van der Waals surface area (Å²) in [5, 5.41) is 14.7. The minimum absolute atomic E-state index is 0.0625. The highest BCUT2D eigenvalue weighted by molar-refractivity contribution is 7.09. The van der Waals surface area contributed by atoms with E-state index < -0.39 is 0 Å². The van der Waals surface area contributed by atoms with E-state index in [9.17, 15) is 9.90 Å². The van der Waals surface area contributed by atoms with Crippen molar-refractivity contribution in [3.05, 3.63) is 52.2 Å². The Morgan fingerprint density at radius 2 is 2.33 bits per heavy atom. The van der Waals surface area contributed by atoms with E-state index >= 15 is 0 Å². The first-order chi connectivity index (χ1) is 11.6. The Morgan fingerprint density at radius 3 is 3.08 bits per heavy atom. The summed E-state index contributed by atoms with van der Waals surface area (Å²) in [6.07, 6.45) is 0.633. The second-order valence-corrected chi connectivity index (χ2v) is 7.07. The first-order valence-corrected chi connectivity index (χ1v) is 8.98. The molecular weight excluding hydrogens is 324 g/mol. The zero-order valence-corrected chi connectivity index (χ0v) is 14.5. The summed E-state index contributed by atoms with van der Waals surface area (Å²) in [6, 6.07) is 11.1. The Kier molecular flexibility index (Phi) is 5.37. The Hall–Kier alpha value is -2.05. The summed E-state index contributed by atoms with van der Waals surface area (Å²) < 4.78 is 5.76. The summed E-state index contributed by atoms with van der Waals surface area (Å²) in [6.45, 7) is 3.58. The van der Waals surface area contributed by atoms with Crippen molar-refractivity contribution in [1.29, 1.82) is 0 Å². The number of amides is 2. The van der Waals surface area contributed by atoms with Crippen molar-refractivity contribution < 1.29 is 14.6 Å². The number of thiophene rings is 1. The largest absolute Gasteiger partial charge is 0.508 e. The lowest BCUT2D eigenvalue weighted by molar-refractivity contribution is -0.0158. The molecule has 1 aliphatic heterocycles. The summed E-state index contributed by atoms with van der Waals surface area (Å²) in [5.41, 5.74) is 0.888. The predicted octanol–water partition coefficient (Wildman–Crippen LogP) is 3.17. The van der Waals surface area contributed by atoms with Gasteiger partial charge in [-0.15, -0.1) is 11.3 Å². The number of rotatable bonds is 4. The molecule has 3 rings (SSSR count). The molecule has 6 heteroatoms. The molecule has 0 unspecified atom stereocenters. The Labute approximate surface area is 145 Å². The lowest BCUT2D eigenvalue weighted by atomic mass is 10.1. The van der Waals surface area contributed by atoms with Crippen LogP contribution in [0.5, 0.6) is 5.75 Å². The van der Waals surface area contributed by atoms with Gasteiger partial charge in [-0.25, -0.2) is 4.79 Å². The van der Waals surface area contributed by atoms with Crippen molar-refractivity contribution in [3.8, 4) is 5.75 Å². The maximum absolute atomic E-state index is 12.5. The summed E-state index contributed by atoms with van der Waals surface area (Å²) >= 11 is 1.70. The summed E-state index contributed by atoms with van der Waals surface area (Å²) in [7, 11) is 0. The van der Waals surface area contributed by atoms with Crippen molar-refractivity contribution in [3.63, 3.8) is 0 Å². The first kappa shape index (κ1) is 16.8.